The third-order valence-corrected chi connectivity index (χ3v) is 2.57. The van der Waals surface area contributed by atoms with Crippen LogP contribution in [-0.4, -0.2) is 27.5 Å². The fraction of sp³-hybridized carbons (Fsp3) is 0.167. The number of ether oxygens (including phenoxy) is 1. The molecule has 2 heterocycles. The van der Waals surface area contributed by atoms with Crippen LogP contribution in [0.3, 0.4) is 0 Å². The number of nitrogen functional groups attached to an aromatic ring is 1. The number of hydrogen-bond donors (Lipinski definition) is 2. The number of nitrogens with two attached hydrogens (primary N) is 1. The van der Waals surface area contributed by atoms with Crippen LogP contribution in [0, 0.1) is 6.92 Å². The summed E-state index contributed by atoms with van der Waals surface area (Å²) in [4.78, 5) is 23.1. The summed E-state index contributed by atoms with van der Waals surface area (Å²) < 4.78 is 28.4. The van der Waals surface area contributed by atoms with E-state index in [1.54, 1.807) is 6.92 Å². The SMILES string of the molecule is Cc1cc(OC(F)F)ncc1-c1cncc(C(=O)NN)n1. The van der Waals surface area contributed by atoms with Gasteiger partial charge in [-0.15, -0.1) is 0 Å². The summed E-state index contributed by atoms with van der Waals surface area (Å²) in [7, 11) is 0. The number of hydrazine groups is 1. The fourth-order valence-electron chi connectivity index (χ4n) is 1.63. The van der Waals surface area contributed by atoms with Crippen molar-refractivity contribution in [2.24, 2.45) is 5.84 Å². The fourth-order valence-corrected chi connectivity index (χ4v) is 1.63. The van der Waals surface area contributed by atoms with Crippen LogP contribution >= 0.6 is 0 Å². The highest BCUT2D eigenvalue weighted by Crippen LogP contribution is 2.23. The highest BCUT2D eigenvalue weighted by Gasteiger charge is 2.12. The van der Waals surface area contributed by atoms with E-state index in [4.69, 9.17) is 5.84 Å². The summed E-state index contributed by atoms with van der Waals surface area (Å²) in [5.74, 6) is 4.23. The lowest BCUT2D eigenvalue weighted by molar-refractivity contribution is -0.0528. The van der Waals surface area contributed by atoms with Gasteiger partial charge in [-0.3, -0.25) is 15.2 Å². The number of carbonyl (C=O) groups excluding carboxylic acids is 1. The summed E-state index contributed by atoms with van der Waals surface area (Å²) in [6, 6.07) is 1.35. The molecule has 0 saturated heterocycles. The summed E-state index contributed by atoms with van der Waals surface area (Å²) in [6.45, 7) is -1.27. The van der Waals surface area contributed by atoms with E-state index < -0.39 is 12.5 Å². The lowest BCUT2D eigenvalue weighted by Gasteiger charge is -2.08. The number of aromatic nitrogens is 3. The largest absolute Gasteiger partial charge is 0.417 e. The van der Waals surface area contributed by atoms with Crippen LogP contribution < -0.4 is 16.0 Å². The van der Waals surface area contributed by atoms with Crippen LogP contribution in [0.2, 0.25) is 0 Å². The molecule has 3 N–H and O–H groups in total. The van der Waals surface area contributed by atoms with Crippen molar-refractivity contribution in [2.45, 2.75) is 13.5 Å². The number of halogens is 2. The lowest BCUT2D eigenvalue weighted by atomic mass is 10.1. The van der Waals surface area contributed by atoms with Crippen molar-refractivity contribution in [2.75, 3.05) is 0 Å². The molecule has 110 valence electrons. The zero-order valence-electron chi connectivity index (χ0n) is 10.9. The first kappa shape index (κ1) is 14.7. The van der Waals surface area contributed by atoms with Crippen molar-refractivity contribution < 1.29 is 18.3 Å². The van der Waals surface area contributed by atoms with Crippen molar-refractivity contribution >= 4 is 5.91 Å². The minimum Gasteiger partial charge on any atom is -0.417 e. The summed E-state index contributed by atoms with van der Waals surface area (Å²) in [5, 5.41) is 0. The molecule has 2 rings (SSSR count). The number of nitrogens with zero attached hydrogens (tertiary/aromatic N) is 3. The molecule has 2 aromatic heterocycles. The van der Waals surface area contributed by atoms with Gasteiger partial charge in [-0.2, -0.15) is 8.78 Å². The number of amides is 1. The zero-order chi connectivity index (χ0) is 15.4. The summed E-state index contributed by atoms with van der Waals surface area (Å²) in [6.07, 6.45) is 3.99. The van der Waals surface area contributed by atoms with Crippen LogP contribution in [0.15, 0.2) is 24.7 Å². The molecule has 0 bridgehead atoms. The van der Waals surface area contributed by atoms with Crippen LogP contribution in [0.25, 0.3) is 11.3 Å². The molecule has 0 aliphatic rings. The molecule has 2 aromatic rings. The third-order valence-electron chi connectivity index (χ3n) is 2.57. The molecule has 0 unspecified atom stereocenters. The van der Waals surface area contributed by atoms with E-state index in [-0.39, 0.29) is 11.6 Å². The number of hydrogen-bond acceptors (Lipinski definition) is 6. The minimum atomic E-state index is -2.95. The van der Waals surface area contributed by atoms with E-state index in [2.05, 4.69) is 19.7 Å². The minimum absolute atomic E-state index is 0.0299. The predicted molar refractivity (Wildman–Crippen MR) is 68.3 cm³/mol. The van der Waals surface area contributed by atoms with Crippen molar-refractivity contribution in [1.29, 1.82) is 0 Å². The van der Waals surface area contributed by atoms with Gasteiger partial charge < -0.3 is 4.74 Å². The second-order valence-corrected chi connectivity index (χ2v) is 3.98. The van der Waals surface area contributed by atoms with Gasteiger partial charge in [0.05, 0.1) is 18.1 Å². The number of alkyl halides is 2. The van der Waals surface area contributed by atoms with Crippen LogP contribution in [0.1, 0.15) is 16.1 Å². The van der Waals surface area contributed by atoms with E-state index in [1.165, 1.54) is 24.7 Å². The van der Waals surface area contributed by atoms with Crippen molar-refractivity contribution in [3.63, 3.8) is 0 Å². The molecule has 0 aliphatic carbocycles. The van der Waals surface area contributed by atoms with Gasteiger partial charge in [-0.1, -0.05) is 0 Å². The number of aryl methyl sites for hydroxylation is 1. The maximum atomic E-state index is 12.1. The Kier molecular flexibility index (Phi) is 4.33. The smallest absolute Gasteiger partial charge is 0.388 e. The normalized spacial score (nSPS) is 10.5. The number of carbonyl (C=O) groups is 1. The average Bonchev–Trinajstić information content (AvgIpc) is 2.46. The molecule has 0 atom stereocenters. The molecule has 0 fully saturated rings. The molecule has 7 nitrogen and oxygen atoms in total. The molecule has 9 heteroatoms. The molecule has 0 spiro atoms. The third kappa shape index (κ3) is 3.45. The highest BCUT2D eigenvalue weighted by molar-refractivity contribution is 5.92. The summed E-state index contributed by atoms with van der Waals surface area (Å²) >= 11 is 0. The highest BCUT2D eigenvalue weighted by atomic mass is 19.3. The second kappa shape index (κ2) is 6.18. The molecular formula is C12H11F2N5O2. The maximum absolute atomic E-state index is 12.1. The molecule has 0 aliphatic heterocycles. The van der Waals surface area contributed by atoms with Gasteiger partial charge in [0, 0.05) is 17.8 Å². The number of rotatable bonds is 4. The van der Waals surface area contributed by atoms with Gasteiger partial charge in [0.25, 0.3) is 5.91 Å². The molecule has 0 radical (unpaired) electrons. The van der Waals surface area contributed by atoms with Crippen molar-refractivity contribution in [1.82, 2.24) is 20.4 Å². The Morgan fingerprint density at radius 2 is 2.14 bits per heavy atom. The van der Waals surface area contributed by atoms with Gasteiger partial charge >= 0.3 is 6.61 Å². The monoisotopic (exact) mass is 295 g/mol. The Morgan fingerprint density at radius 1 is 1.38 bits per heavy atom. The van der Waals surface area contributed by atoms with Crippen molar-refractivity contribution in [3.8, 4) is 17.1 Å². The molecule has 0 aromatic carbocycles. The van der Waals surface area contributed by atoms with E-state index in [0.717, 1.165) is 0 Å². The average molecular weight is 295 g/mol. The van der Waals surface area contributed by atoms with Gasteiger partial charge in [0.15, 0.2) is 0 Å². The van der Waals surface area contributed by atoms with Crippen LogP contribution in [0.5, 0.6) is 5.88 Å². The first-order chi connectivity index (χ1) is 10.0. The quantitative estimate of drug-likeness (QED) is 0.496. The van der Waals surface area contributed by atoms with Gasteiger partial charge in [0.2, 0.25) is 5.88 Å². The predicted octanol–water partition coefficient (Wildman–Crippen LogP) is 1.05. The molecule has 21 heavy (non-hydrogen) atoms. The molecular weight excluding hydrogens is 284 g/mol. The van der Waals surface area contributed by atoms with E-state index in [9.17, 15) is 13.6 Å². The number of pyridine rings is 1. The zero-order valence-corrected chi connectivity index (χ0v) is 10.9. The number of nitrogens with one attached hydrogen (secondary N) is 1. The lowest BCUT2D eigenvalue weighted by Crippen LogP contribution is -2.30. The Morgan fingerprint density at radius 3 is 2.76 bits per heavy atom. The second-order valence-electron chi connectivity index (χ2n) is 3.98. The first-order valence-corrected chi connectivity index (χ1v) is 5.76. The van der Waals surface area contributed by atoms with E-state index in [1.807, 2.05) is 5.43 Å². The van der Waals surface area contributed by atoms with E-state index in [0.29, 0.717) is 16.8 Å². The Bertz CT molecular complexity index is 666. The Labute approximate surface area is 118 Å². The Hall–Kier alpha value is -2.68. The van der Waals surface area contributed by atoms with E-state index >= 15 is 0 Å². The van der Waals surface area contributed by atoms with Gasteiger partial charge in [0.1, 0.15) is 5.69 Å². The van der Waals surface area contributed by atoms with Crippen LogP contribution in [-0.2, 0) is 0 Å². The molecule has 1 amide bonds. The Balaban J connectivity index is 2.36. The topological polar surface area (TPSA) is 103 Å². The van der Waals surface area contributed by atoms with Gasteiger partial charge in [-0.05, 0) is 12.5 Å². The summed E-state index contributed by atoms with van der Waals surface area (Å²) in [5.41, 5.74) is 3.48. The maximum Gasteiger partial charge on any atom is 0.388 e. The van der Waals surface area contributed by atoms with Crippen LogP contribution in [0.4, 0.5) is 8.78 Å². The first-order valence-electron chi connectivity index (χ1n) is 5.76. The standard InChI is InChI=1S/C12H11F2N5O2/c1-6-2-10(21-12(13)14)17-3-7(6)8-4-16-5-9(18-8)11(20)19-15/h2-5,12H,15H2,1H3,(H,19,20). The molecule has 0 saturated carbocycles. The van der Waals surface area contributed by atoms with Gasteiger partial charge in [-0.25, -0.2) is 15.8 Å². The van der Waals surface area contributed by atoms with Crippen molar-refractivity contribution in [3.05, 3.63) is 35.9 Å².